The van der Waals surface area contributed by atoms with Gasteiger partial charge in [0.05, 0.1) is 11.7 Å². The van der Waals surface area contributed by atoms with Crippen LogP contribution < -0.4 is 5.32 Å². The van der Waals surface area contributed by atoms with Crippen LogP contribution in [-0.4, -0.2) is 6.02 Å². The first-order chi connectivity index (χ1) is 10.3. The van der Waals surface area contributed by atoms with Crippen LogP contribution in [0, 0.1) is 0 Å². The highest BCUT2D eigenvalue weighted by atomic mass is 79.9. The first-order valence-electron chi connectivity index (χ1n) is 7.14. The second kappa shape index (κ2) is 5.19. The van der Waals surface area contributed by atoms with Gasteiger partial charge in [0, 0.05) is 10.0 Å². The first-order valence-corrected chi connectivity index (χ1v) is 7.93. The molecule has 1 aliphatic heterocycles. The molecule has 2 aromatic carbocycles. The topological polar surface area (TPSA) is 33.6 Å². The van der Waals surface area contributed by atoms with Crippen LogP contribution in [0.3, 0.4) is 0 Å². The van der Waals surface area contributed by atoms with Gasteiger partial charge in [0.25, 0.3) is 6.02 Å². The van der Waals surface area contributed by atoms with Crippen LogP contribution in [-0.2, 0) is 17.8 Å². The molecular weight excluding hydrogens is 328 g/mol. The Balaban J connectivity index is 1.62. The zero-order valence-electron chi connectivity index (χ0n) is 11.5. The average Bonchev–Trinajstić information content (AvgIpc) is 2.91. The van der Waals surface area contributed by atoms with E-state index in [-0.39, 0.29) is 6.04 Å². The monoisotopic (exact) mass is 342 g/mol. The largest absolute Gasteiger partial charge is 0.460 e. The number of anilines is 1. The molecule has 0 amide bonds. The Morgan fingerprint density at radius 1 is 1.14 bits per heavy atom. The second-order valence-corrected chi connectivity index (χ2v) is 6.22. The summed E-state index contributed by atoms with van der Waals surface area (Å²) in [4.78, 5) is 4.77. The summed E-state index contributed by atoms with van der Waals surface area (Å²) in [5.74, 6) is 0. The van der Waals surface area contributed by atoms with E-state index >= 15 is 0 Å². The van der Waals surface area contributed by atoms with E-state index in [4.69, 9.17) is 9.73 Å². The SMILES string of the molecule is Brc1cccc2c1COC(=N[C@@H]1CCc3ccccc31)N2. The maximum atomic E-state index is 5.77. The lowest BCUT2D eigenvalue weighted by Gasteiger charge is -2.22. The van der Waals surface area contributed by atoms with Crippen LogP contribution >= 0.6 is 15.9 Å². The van der Waals surface area contributed by atoms with Gasteiger partial charge in [-0.15, -0.1) is 0 Å². The predicted octanol–water partition coefficient (Wildman–Crippen LogP) is 4.43. The summed E-state index contributed by atoms with van der Waals surface area (Å²) in [6.07, 6.45) is 2.15. The van der Waals surface area contributed by atoms with Crippen LogP contribution in [0.15, 0.2) is 51.9 Å². The van der Waals surface area contributed by atoms with Crippen molar-refractivity contribution in [2.24, 2.45) is 4.99 Å². The molecule has 1 aliphatic carbocycles. The third kappa shape index (κ3) is 2.33. The highest BCUT2D eigenvalue weighted by molar-refractivity contribution is 9.10. The number of benzene rings is 2. The highest BCUT2D eigenvalue weighted by Crippen LogP contribution is 2.35. The Hall–Kier alpha value is -1.81. The number of amidine groups is 1. The number of halogens is 1. The van der Waals surface area contributed by atoms with Crippen molar-refractivity contribution in [3.8, 4) is 0 Å². The van der Waals surface area contributed by atoms with Crippen molar-refractivity contribution in [1.29, 1.82) is 0 Å². The van der Waals surface area contributed by atoms with Gasteiger partial charge in [-0.25, -0.2) is 4.99 Å². The van der Waals surface area contributed by atoms with Crippen LogP contribution in [0.25, 0.3) is 0 Å². The van der Waals surface area contributed by atoms with Crippen molar-refractivity contribution in [1.82, 2.24) is 0 Å². The predicted molar refractivity (Wildman–Crippen MR) is 87.5 cm³/mol. The zero-order chi connectivity index (χ0) is 14.2. The van der Waals surface area contributed by atoms with E-state index in [1.54, 1.807) is 0 Å². The molecule has 0 unspecified atom stereocenters. The van der Waals surface area contributed by atoms with Crippen LogP contribution in [0.4, 0.5) is 5.69 Å². The van der Waals surface area contributed by atoms with Crippen molar-refractivity contribution in [3.63, 3.8) is 0 Å². The van der Waals surface area contributed by atoms with Crippen LogP contribution in [0.1, 0.15) is 29.2 Å². The molecule has 0 spiro atoms. The summed E-state index contributed by atoms with van der Waals surface area (Å²) in [5, 5.41) is 3.29. The molecule has 0 saturated carbocycles. The molecule has 4 rings (SSSR count). The maximum absolute atomic E-state index is 5.77. The summed E-state index contributed by atoms with van der Waals surface area (Å²) >= 11 is 3.55. The smallest absolute Gasteiger partial charge is 0.290 e. The molecule has 2 aliphatic rings. The van der Waals surface area contributed by atoms with Gasteiger partial charge < -0.3 is 10.1 Å². The number of aryl methyl sites for hydroxylation is 1. The molecule has 4 heteroatoms. The lowest BCUT2D eigenvalue weighted by molar-refractivity contribution is 0.281. The normalized spacial score (nSPS) is 21.4. The highest BCUT2D eigenvalue weighted by Gasteiger charge is 2.24. The molecule has 0 radical (unpaired) electrons. The summed E-state index contributed by atoms with van der Waals surface area (Å²) in [7, 11) is 0. The minimum Gasteiger partial charge on any atom is -0.460 e. The summed E-state index contributed by atoms with van der Waals surface area (Å²) < 4.78 is 6.84. The number of ether oxygens (including phenoxy) is 1. The molecule has 1 N–H and O–H groups in total. The fourth-order valence-corrected chi connectivity index (χ4v) is 3.47. The third-order valence-corrected chi connectivity index (χ3v) is 4.83. The van der Waals surface area contributed by atoms with E-state index in [2.05, 4.69) is 51.6 Å². The van der Waals surface area contributed by atoms with Crippen molar-refractivity contribution >= 4 is 27.6 Å². The second-order valence-electron chi connectivity index (χ2n) is 5.37. The number of aliphatic imine (C=N–C) groups is 1. The summed E-state index contributed by atoms with van der Waals surface area (Å²) in [6.45, 7) is 0.553. The molecule has 0 aromatic heterocycles. The Labute approximate surface area is 132 Å². The van der Waals surface area contributed by atoms with Gasteiger partial charge >= 0.3 is 0 Å². The first kappa shape index (κ1) is 12.9. The maximum Gasteiger partial charge on any atom is 0.290 e. The molecular formula is C17H15BrN2O. The quantitative estimate of drug-likeness (QED) is 0.831. The van der Waals surface area contributed by atoms with E-state index in [0.29, 0.717) is 12.6 Å². The third-order valence-electron chi connectivity index (χ3n) is 4.09. The summed E-state index contributed by atoms with van der Waals surface area (Å²) in [5.41, 5.74) is 4.95. The van der Waals surface area contributed by atoms with Gasteiger partial charge in [0.15, 0.2) is 0 Å². The molecule has 0 fully saturated rings. The average molecular weight is 343 g/mol. The molecule has 0 saturated heterocycles. The Morgan fingerprint density at radius 3 is 3.00 bits per heavy atom. The Bertz CT molecular complexity index is 726. The standard InChI is InChI=1S/C17H15BrN2O/c18-14-6-3-7-15-13(14)10-21-17(19-15)20-16-9-8-11-4-1-2-5-12(11)16/h1-7,16H,8-10H2,(H,19,20)/t16-/m1/s1. The van der Waals surface area contributed by atoms with Gasteiger partial charge in [-0.1, -0.05) is 46.3 Å². The molecule has 106 valence electrons. The fraction of sp³-hybridized carbons (Fsp3) is 0.235. The van der Waals surface area contributed by atoms with Crippen LogP contribution in [0.5, 0.6) is 0 Å². The van der Waals surface area contributed by atoms with Gasteiger partial charge in [-0.05, 0) is 36.1 Å². The molecule has 2 aromatic rings. The Morgan fingerprint density at radius 2 is 2.05 bits per heavy atom. The molecule has 21 heavy (non-hydrogen) atoms. The van der Waals surface area contributed by atoms with E-state index in [0.717, 1.165) is 28.6 Å². The lowest BCUT2D eigenvalue weighted by atomic mass is 10.1. The van der Waals surface area contributed by atoms with Gasteiger partial charge in [0.2, 0.25) is 0 Å². The number of rotatable bonds is 1. The van der Waals surface area contributed by atoms with Crippen molar-refractivity contribution in [2.75, 3.05) is 5.32 Å². The fourth-order valence-electron chi connectivity index (χ4n) is 2.99. The van der Waals surface area contributed by atoms with E-state index < -0.39 is 0 Å². The lowest BCUT2D eigenvalue weighted by Crippen LogP contribution is -2.23. The minimum atomic E-state index is 0.206. The van der Waals surface area contributed by atoms with E-state index in [9.17, 15) is 0 Å². The van der Waals surface area contributed by atoms with Crippen molar-refractivity contribution in [2.45, 2.75) is 25.5 Å². The van der Waals surface area contributed by atoms with E-state index in [1.807, 2.05) is 12.1 Å². The Kier molecular flexibility index (Phi) is 3.19. The van der Waals surface area contributed by atoms with E-state index in [1.165, 1.54) is 11.1 Å². The van der Waals surface area contributed by atoms with Gasteiger partial charge in [-0.3, -0.25) is 0 Å². The number of hydrogen-bond acceptors (Lipinski definition) is 2. The minimum absolute atomic E-state index is 0.206. The molecule has 3 nitrogen and oxygen atoms in total. The summed E-state index contributed by atoms with van der Waals surface area (Å²) in [6, 6.07) is 15.5. The van der Waals surface area contributed by atoms with Crippen LogP contribution in [0.2, 0.25) is 0 Å². The number of fused-ring (bicyclic) bond motifs is 2. The molecule has 0 bridgehead atoms. The van der Waals surface area contributed by atoms with Gasteiger partial charge in [0.1, 0.15) is 6.61 Å². The number of nitrogens with one attached hydrogen (secondary N) is 1. The molecule has 1 heterocycles. The number of nitrogens with zero attached hydrogens (tertiary/aromatic N) is 1. The zero-order valence-corrected chi connectivity index (χ0v) is 13.1. The van der Waals surface area contributed by atoms with Crippen molar-refractivity contribution < 1.29 is 4.74 Å². The number of hydrogen-bond donors (Lipinski definition) is 1. The molecule has 1 atom stereocenters. The van der Waals surface area contributed by atoms with Gasteiger partial charge in [-0.2, -0.15) is 0 Å². The van der Waals surface area contributed by atoms with Crippen molar-refractivity contribution in [3.05, 3.63) is 63.6 Å².